The van der Waals surface area contributed by atoms with E-state index in [1.54, 1.807) is 0 Å². The molecule has 0 fully saturated rings. The summed E-state index contributed by atoms with van der Waals surface area (Å²) in [6.45, 7) is 7.88. The van der Waals surface area contributed by atoms with Gasteiger partial charge >= 0.3 is 5.97 Å². The standard InChI is InChI=1S/C21H29NO3Si/c1-16(25-21(2,3)4)19(20(23)24-5)22-26(17-12-8-6-9-13-17)18-14-10-7-11-15-18/h6-16,19,22,26H,1-5H3/t16?,19-/m0/s1. The molecule has 0 saturated heterocycles. The van der Waals surface area contributed by atoms with Gasteiger partial charge < -0.3 is 14.5 Å². The van der Waals surface area contributed by atoms with Gasteiger partial charge in [0.25, 0.3) is 0 Å². The van der Waals surface area contributed by atoms with Crippen molar-refractivity contribution < 1.29 is 14.3 Å². The fraction of sp³-hybridized carbons (Fsp3) is 0.381. The molecule has 1 N–H and O–H groups in total. The Kier molecular flexibility index (Phi) is 7.14. The summed E-state index contributed by atoms with van der Waals surface area (Å²) in [5, 5.41) is 2.44. The summed E-state index contributed by atoms with van der Waals surface area (Å²) >= 11 is 0. The molecule has 0 saturated carbocycles. The molecule has 140 valence electrons. The van der Waals surface area contributed by atoms with E-state index in [4.69, 9.17) is 9.47 Å². The largest absolute Gasteiger partial charge is 0.468 e. The molecular weight excluding hydrogens is 342 g/mol. The highest BCUT2D eigenvalue weighted by atomic mass is 28.3. The van der Waals surface area contributed by atoms with Crippen molar-refractivity contribution in [1.29, 1.82) is 0 Å². The molecule has 0 spiro atoms. The quantitative estimate of drug-likeness (QED) is 0.596. The SMILES string of the molecule is COC(=O)[C@@H](N[SiH](c1ccccc1)c1ccccc1)C(C)OC(C)(C)C. The second-order valence-electron chi connectivity index (χ2n) is 7.36. The van der Waals surface area contributed by atoms with E-state index in [0.717, 1.165) is 0 Å². The third-order valence-electron chi connectivity index (χ3n) is 4.08. The third-order valence-corrected chi connectivity index (χ3v) is 6.87. The average Bonchev–Trinajstić information content (AvgIpc) is 2.62. The van der Waals surface area contributed by atoms with Crippen LogP contribution in [0.15, 0.2) is 60.7 Å². The van der Waals surface area contributed by atoms with Crippen LogP contribution in [0, 0.1) is 0 Å². The van der Waals surface area contributed by atoms with Crippen molar-refractivity contribution >= 4 is 25.3 Å². The number of nitrogens with one attached hydrogen (secondary N) is 1. The molecule has 0 aromatic heterocycles. The van der Waals surface area contributed by atoms with Crippen LogP contribution in [0.3, 0.4) is 0 Å². The summed E-state index contributed by atoms with van der Waals surface area (Å²) in [5.74, 6) is -0.300. The number of carbonyl (C=O) groups excluding carboxylic acids is 1. The Bertz CT molecular complexity index is 646. The Morgan fingerprint density at radius 3 is 1.81 bits per heavy atom. The van der Waals surface area contributed by atoms with Crippen molar-refractivity contribution in [2.75, 3.05) is 7.11 Å². The average molecular weight is 372 g/mol. The summed E-state index contributed by atoms with van der Waals surface area (Å²) in [7, 11) is -0.414. The number of hydrogen-bond acceptors (Lipinski definition) is 4. The molecular formula is C21H29NO3Si. The molecule has 2 rings (SSSR count). The molecule has 1 unspecified atom stereocenters. The highest BCUT2D eigenvalue weighted by Crippen LogP contribution is 2.14. The molecule has 0 aliphatic heterocycles. The number of esters is 1. The van der Waals surface area contributed by atoms with E-state index in [1.165, 1.54) is 17.5 Å². The maximum absolute atomic E-state index is 12.5. The van der Waals surface area contributed by atoms with Gasteiger partial charge in [0, 0.05) is 0 Å². The maximum atomic E-state index is 12.5. The normalized spacial score (nSPS) is 14.1. The lowest BCUT2D eigenvalue weighted by atomic mass is 10.1. The number of carbonyl (C=O) groups is 1. The zero-order valence-corrected chi connectivity index (χ0v) is 17.4. The summed E-state index contributed by atoms with van der Waals surface area (Å²) in [6.07, 6.45) is -0.315. The molecule has 0 radical (unpaired) electrons. The zero-order chi connectivity index (χ0) is 19.2. The van der Waals surface area contributed by atoms with E-state index >= 15 is 0 Å². The first-order valence-corrected chi connectivity index (χ1v) is 10.7. The van der Waals surface area contributed by atoms with E-state index < -0.39 is 15.0 Å². The molecule has 0 bridgehead atoms. The molecule has 0 heterocycles. The van der Waals surface area contributed by atoms with E-state index in [9.17, 15) is 4.79 Å². The van der Waals surface area contributed by atoms with Gasteiger partial charge in [-0.2, -0.15) is 0 Å². The van der Waals surface area contributed by atoms with Gasteiger partial charge in [0.05, 0.1) is 18.8 Å². The fourth-order valence-corrected chi connectivity index (χ4v) is 5.75. The van der Waals surface area contributed by atoms with Gasteiger partial charge in [-0.25, -0.2) is 0 Å². The Morgan fingerprint density at radius 2 is 1.42 bits per heavy atom. The van der Waals surface area contributed by atoms with Crippen LogP contribution in [-0.4, -0.2) is 39.8 Å². The molecule has 0 amide bonds. The summed E-state index contributed by atoms with van der Waals surface area (Å²) in [5.41, 5.74) is -0.343. The minimum absolute atomic E-state index is 0.300. The summed E-state index contributed by atoms with van der Waals surface area (Å²) in [6, 6.07) is 20.0. The topological polar surface area (TPSA) is 47.6 Å². The van der Waals surface area contributed by atoms with Gasteiger partial charge in [-0.05, 0) is 38.1 Å². The first-order valence-electron chi connectivity index (χ1n) is 8.93. The van der Waals surface area contributed by atoms with Crippen LogP contribution in [0.25, 0.3) is 0 Å². The number of benzene rings is 2. The van der Waals surface area contributed by atoms with E-state index in [-0.39, 0.29) is 17.7 Å². The molecule has 0 aliphatic rings. The van der Waals surface area contributed by atoms with Crippen molar-refractivity contribution in [2.24, 2.45) is 0 Å². The zero-order valence-electron chi connectivity index (χ0n) is 16.2. The highest BCUT2D eigenvalue weighted by Gasteiger charge is 2.33. The number of rotatable bonds is 7. The Labute approximate surface area is 158 Å². The lowest BCUT2D eigenvalue weighted by molar-refractivity contribution is -0.149. The van der Waals surface area contributed by atoms with E-state index in [1.807, 2.05) is 64.1 Å². The smallest absolute Gasteiger partial charge is 0.324 e. The summed E-state index contributed by atoms with van der Waals surface area (Å²) in [4.78, 5) is 16.1. The van der Waals surface area contributed by atoms with E-state index in [2.05, 4.69) is 29.2 Å². The second-order valence-corrected chi connectivity index (χ2v) is 9.89. The number of ether oxygens (including phenoxy) is 2. The molecule has 26 heavy (non-hydrogen) atoms. The molecule has 5 heteroatoms. The first-order chi connectivity index (χ1) is 12.3. The van der Waals surface area contributed by atoms with E-state index in [0.29, 0.717) is 0 Å². The lowest BCUT2D eigenvalue weighted by Gasteiger charge is -2.32. The van der Waals surface area contributed by atoms with Gasteiger partial charge in [0.1, 0.15) is 6.04 Å². The minimum atomic E-state index is -1.83. The molecule has 4 nitrogen and oxygen atoms in total. The van der Waals surface area contributed by atoms with Crippen molar-refractivity contribution in [3.05, 3.63) is 60.7 Å². The first kappa shape index (κ1) is 20.4. The van der Waals surface area contributed by atoms with Gasteiger partial charge in [-0.3, -0.25) is 4.79 Å². The van der Waals surface area contributed by atoms with Crippen LogP contribution < -0.4 is 15.4 Å². The number of hydrogen-bond donors (Lipinski definition) is 1. The van der Waals surface area contributed by atoms with Crippen LogP contribution in [0.2, 0.25) is 0 Å². The predicted octanol–water partition coefficient (Wildman–Crippen LogP) is 1.86. The van der Waals surface area contributed by atoms with Crippen LogP contribution in [0.4, 0.5) is 0 Å². The summed E-state index contributed by atoms with van der Waals surface area (Å²) < 4.78 is 11.1. The van der Waals surface area contributed by atoms with Crippen LogP contribution in [0.5, 0.6) is 0 Å². The Hall–Kier alpha value is -1.95. The maximum Gasteiger partial charge on any atom is 0.324 e. The Morgan fingerprint density at radius 1 is 0.962 bits per heavy atom. The van der Waals surface area contributed by atoms with Gasteiger partial charge in [-0.15, -0.1) is 0 Å². The van der Waals surface area contributed by atoms with Gasteiger partial charge in [0.15, 0.2) is 8.96 Å². The predicted molar refractivity (Wildman–Crippen MR) is 109 cm³/mol. The molecule has 2 aromatic rings. The van der Waals surface area contributed by atoms with Gasteiger partial charge in [-0.1, -0.05) is 60.7 Å². The van der Waals surface area contributed by atoms with Crippen LogP contribution in [-0.2, 0) is 14.3 Å². The van der Waals surface area contributed by atoms with Gasteiger partial charge in [0.2, 0.25) is 0 Å². The molecule has 0 aliphatic carbocycles. The lowest BCUT2D eigenvalue weighted by Crippen LogP contribution is -2.62. The fourth-order valence-electron chi connectivity index (χ4n) is 3.00. The monoisotopic (exact) mass is 371 g/mol. The third kappa shape index (κ3) is 5.80. The van der Waals surface area contributed by atoms with Crippen molar-refractivity contribution in [2.45, 2.75) is 45.4 Å². The van der Waals surface area contributed by atoms with Crippen LogP contribution in [0.1, 0.15) is 27.7 Å². The van der Waals surface area contributed by atoms with Crippen molar-refractivity contribution in [3.8, 4) is 0 Å². The molecule has 2 atom stereocenters. The highest BCUT2D eigenvalue weighted by molar-refractivity contribution is 6.83. The number of methoxy groups -OCH3 is 1. The van der Waals surface area contributed by atoms with Crippen molar-refractivity contribution in [1.82, 2.24) is 4.98 Å². The van der Waals surface area contributed by atoms with Crippen LogP contribution >= 0.6 is 0 Å². The van der Waals surface area contributed by atoms with Crippen molar-refractivity contribution in [3.63, 3.8) is 0 Å². The minimum Gasteiger partial charge on any atom is -0.468 e. The Balaban J connectivity index is 2.35. The second kappa shape index (κ2) is 9.12. The molecule has 2 aromatic carbocycles.